The van der Waals surface area contributed by atoms with Crippen molar-refractivity contribution in [1.82, 2.24) is 14.9 Å². The SMILES string of the molecule is Cc1ccc(Br)cc1NC(=O)CCNC(=O)CCc1nc2ccccc2c(=O)n1C1CC1. The fourth-order valence-electron chi connectivity index (χ4n) is 3.65. The smallest absolute Gasteiger partial charge is 0.261 e. The number of aryl methyl sites for hydroxylation is 2. The minimum Gasteiger partial charge on any atom is -0.356 e. The molecule has 32 heavy (non-hydrogen) atoms. The molecule has 8 heteroatoms. The van der Waals surface area contributed by atoms with E-state index in [0.29, 0.717) is 23.1 Å². The number of aromatic nitrogens is 2. The lowest BCUT2D eigenvalue weighted by Gasteiger charge is -2.13. The van der Waals surface area contributed by atoms with Crippen molar-refractivity contribution in [2.24, 2.45) is 0 Å². The number of nitrogens with one attached hydrogen (secondary N) is 2. The topological polar surface area (TPSA) is 93.1 Å². The van der Waals surface area contributed by atoms with Gasteiger partial charge in [0.2, 0.25) is 11.8 Å². The van der Waals surface area contributed by atoms with Crippen molar-refractivity contribution in [3.63, 3.8) is 0 Å². The van der Waals surface area contributed by atoms with Crippen LogP contribution in [0.3, 0.4) is 0 Å². The van der Waals surface area contributed by atoms with Gasteiger partial charge in [-0.05, 0) is 49.6 Å². The maximum atomic E-state index is 12.9. The highest BCUT2D eigenvalue weighted by molar-refractivity contribution is 9.10. The molecule has 1 aromatic heterocycles. The average molecular weight is 497 g/mol. The van der Waals surface area contributed by atoms with Gasteiger partial charge in [0.05, 0.1) is 10.9 Å². The predicted molar refractivity (Wildman–Crippen MR) is 128 cm³/mol. The Morgan fingerprint density at radius 2 is 1.91 bits per heavy atom. The summed E-state index contributed by atoms with van der Waals surface area (Å²) in [5.74, 6) is 0.320. The van der Waals surface area contributed by atoms with E-state index < -0.39 is 0 Å². The van der Waals surface area contributed by atoms with Gasteiger partial charge in [-0.25, -0.2) is 4.98 Å². The monoisotopic (exact) mass is 496 g/mol. The molecule has 166 valence electrons. The third-order valence-electron chi connectivity index (χ3n) is 5.52. The molecule has 1 aliphatic rings. The number of anilines is 1. The number of nitrogens with zero attached hydrogens (tertiary/aromatic N) is 2. The Hall–Kier alpha value is -3.00. The van der Waals surface area contributed by atoms with E-state index in [2.05, 4.69) is 31.5 Å². The molecule has 0 spiro atoms. The zero-order valence-corrected chi connectivity index (χ0v) is 19.4. The Labute approximate surface area is 194 Å². The first kappa shape index (κ1) is 22.2. The molecule has 1 heterocycles. The number of carbonyl (C=O) groups is 2. The maximum absolute atomic E-state index is 12.9. The number of halogens is 1. The van der Waals surface area contributed by atoms with E-state index >= 15 is 0 Å². The molecular weight excluding hydrogens is 472 g/mol. The van der Waals surface area contributed by atoms with Gasteiger partial charge >= 0.3 is 0 Å². The van der Waals surface area contributed by atoms with Crippen LogP contribution in [-0.2, 0) is 16.0 Å². The lowest BCUT2D eigenvalue weighted by atomic mass is 10.2. The van der Waals surface area contributed by atoms with E-state index in [9.17, 15) is 14.4 Å². The van der Waals surface area contributed by atoms with Crippen molar-refractivity contribution < 1.29 is 9.59 Å². The highest BCUT2D eigenvalue weighted by Crippen LogP contribution is 2.34. The van der Waals surface area contributed by atoms with Crippen molar-refractivity contribution in [2.75, 3.05) is 11.9 Å². The third-order valence-corrected chi connectivity index (χ3v) is 6.01. The van der Waals surface area contributed by atoms with E-state index in [1.807, 2.05) is 43.3 Å². The first-order chi connectivity index (χ1) is 15.4. The molecule has 0 bridgehead atoms. The second-order valence-corrected chi connectivity index (χ2v) is 8.97. The number of benzene rings is 2. The number of fused-ring (bicyclic) bond motifs is 1. The van der Waals surface area contributed by atoms with Crippen molar-refractivity contribution in [1.29, 1.82) is 0 Å². The van der Waals surface area contributed by atoms with E-state index in [0.717, 1.165) is 28.6 Å². The molecule has 3 aromatic rings. The lowest BCUT2D eigenvalue weighted by Crippen LogP contribution is -2.29. The molecule has 1 saturated carbocycles. The van der Waals surface area contributed by atoms with Crippen molar-refractivity contribution >= 4 is 44.3 Å². The van der Waals surface area contributed by atoms with Crippen molar-refractivity contribution in [3.8, 4) is 0 Å². The van der Waals surface area contributed by atoms with E-state index in [1.54, 1.807) is 10.6 Å². The molecule has 0 unspecified atom stereocenters. The Morgan fingerprint density at radius 1 is 1.12 bits per heavy atom. The van der Waals surface area contributed by atoms with Crippen LogP contribution in [0.1, 0.15) is 43.1 Å². The summed E-state index contributed by atoms with van der Waals surface area (Å²) < 4.78 is 2.64. The zero-order valence-electron chi connectivity index (χ0n) is 17.9. The van der Waals surface area contributed by atoms with E-state index in [4.69, 9.17) is 0 Å². The Bertz CT molecular complexity index is 1230. The normalized spacial score (nSPS) is 13.2. The van der Waals surface area contributed by atoms with Crippen molar-refractivity contribution in [3.05, 3.63) is 68.7 Å². The van der Waals surface area contributed by atoms with Gasteiger partial charge < -0.3 is 10.6 Å². The van der Waals surface area contributed by atoms with E-state index in [1.165, 1.54) is 0 Å². The van der Waals surface area contributed by atoms with Crippen LogP contribution in [0.15, 0.2) is 51.7 Å². The van der Waals surface area contributed by atoms with Crippen LogP contribution >= 0.6 is 15.9 Å². The molecular formula is C24H25BrN4O3. The molecule has 7 nitrogen and oxygen atoms in total. The van der Waals surface area contributed by atoms with E-state index in [-0.39, 0.29) is 42.8 Å². The van der Waals surface area contributed by atoms with Crippen LogP contribution in [0.25, 0.3) is 10.9 Å². The van der Waals surface area contributed by atoms with Gasteiger partial charge in [-0.1, -0.05) is 34.1 Å². The molecule has 1 fully saturated rings. The first-order valence-corrected chi connectivity index (χ1v) is 11.5. The molecule has 0 atom stereocenters. The molecule has 0 radical (unpaired) electrons. The van der Waals surface area contributed by atoms with Crippen LogP contribution in [0.2, 0.25) is 0 Å². The van der Waals surface area contributed by atoms with Gasteiger partial charge in [-0.15, -0.1) is 0 Å². The number of hydrogen-bond acceptors (Lipinski definition) is 4. The standard InChI is InChI=1S/C24H25BrN4O3/c1-15-6-7-16(25)14-20(15)28-23(31)12-13-26-22(30)11-10-21-27-19-5-3-2-4-18(19)24(32)29(21)17-8-9-17/h2-7,14,17H,8-13H2,1H3,(H,26,30)(H,28,31). The first-order valence-electron chi connectivity index (χ1n) is 10.8. The van der Waals surface area contributed by atoms with Gasteiger partial charge in [-0.3, -0.25) is 19.0 Å². The summed E-state index contributed by atoms with van der Waals surface area (Å²) in [6, 6.07) is 13.2. The van der Waals surface area contributed by atoms with Gasteiger partial charge in [0.25, 0.3) is 5.56 Å². The summed E-state index contributed by atoms with van der Waals surface area (Å²) >= 11 is 3.40. The molecule has 2 amide bonds. The lowest BCUT2D eigenvalue weighted by molar-refractivity contribution is -0.121. The molecule has 4 rings (SSSR count). The number of rotatable bonds is 8. The quantitative estimate of drug-likeness (QED) is 0.494. The second-order valence-electron chi connectivity index (χ2n) is 8.06. The highest BCUT2D eigenvalue weighted by Gasteiger charge is 2.28. The van der Waals surface area contributed by atoms with Crippen molar-refractivity contribution in [2.45, 2.75) is 45.1 Å². The molecule has 0 saturated heterocycles. The minimum atomic E-state index is -0.166. The molecule has 1 aliphatic carbocycles. The molecule has 2 N–H and O–H groups in total. The van der Waals surface area contributed by atoms with Gasteiger partial charge in [0, 0.05) is 42.0 Å². The summed E-state index contributed by atoms with van der Waals surface area (Å²) in [6.07, 6.45) is 2.70. The van der Waals surface area contributed by atoms with Crippen LogP contribution < -0.4 is 16.2 Å². The summed E-state index contributed by atoms with van der Waals surface area (Å²) in [7, 11) is 0. The summed E-state index contributed by atoms with van der Waals surface area (Å²) in [5.41, 5.74) is 2.34. The maximum Gasteiger partial charge on any atom is 0.261 e. The van der Waals surface area contributed by atoms with Crippen LogP contribution in [-0.4, -0.2) is 27.9 Å². The fourth-order valence-corrected chi connectivity index (χ4v) is 4.01. The summed E-state index contributed by atoms with van der Waals surface area (Å²) in [4.78, 5) is 42.1. The van der Waals surface area contributed by atoms with Crippen LogP contribution in [0.5, 0.6) is 0 Å². The Kier molecular flexibility index (Phi) is 6.69. The predicted octanol–water partition coefficient (Wildman–Crippen LogP) is 3.88. The largest absolute Gasteiger partial charge is 0.356 e. The number of amides is 2. The van der Waals surface area contributed by atoms with Gasteiger partial charge in [-0.2, -0.15) is 0 Å². The minimum absolute atomic E-state index is 0.0342. The Balaban J connectivity index is 1.31. The Morgan fingerprint density at radius 3 is 2.69 bits per heavy atom. The number of hydrogen-bond donors (Lipinski definition) is 2. The van der Waals surface area contributed by atoms with Gasteiger partial charge in [0.1, 0.15) is 5.82 Å². The third kappa shape index (κ3) is 5.24. The summed E-state index contributed by atoms with van der Waals surface area (Å²) in [5, 5.41) is 6.26. The number of carbonyl (C=O) groups excluding carboxylic acids is 2. The average Bonchev–Trinajstić information content (AvgIpc) is 3.60. The molecule has 0 aliphatic heterocycles. The highest BCUT2D eigenvalue weighted by atomic mass is 79.9. The summed E-state index contributed by atoms with van der Waals surface area (Å²) in [6.45, 7) is 2.17. The van der Waals surface area contributed by atoms with Crippen LogP contribution in [0.4, 0.5) is 5.69 Å². The second kappa shape index (κ2) is 9.65. The number of para-hydroxylation sites is 1. The van der Waals surface area contributed by atoms with Crippen LogP contribution in [0, 0.1) is 6.92 Å². The fraction of sp³-hybridized carbons (Fsp3) is 0.333. The zero-order chi connectivity index (χ0) is 22.7. The van der Waals surface area contributed by atoms with Gasteiger partial charge in [0.15, 0.2) is 0 Å². The molecule has 2 aromatic carbocycles.